The van der Waals surface area contributed by atoms with Gasteiger partial charge in [-0.25, -0.2) is 15.0 Å². The van der Waals surface area contributed by atoms with Crippen LogP contribution in [-0.4, -0.2) is 15.0 Å². The van der Waals surface area contributed by atoms with Gasteiger partial charge in [-0.15, -0.1) is 0 Å². The van der Waals surface area contributed by atoms with Crippen molar-refractivity contribution in [2.24, 2.45) is 0 Å². The molecule has 12 rings (SSSR count). The van der Waals surface area contributed by atoms with Gasteiger partial charge in [-0.3, -0.25) is 0 Å². The third kappa shape index (κ3) is 4.78. The van der Waals surface area contributed by atoms with Crippen LogP contribution in [0.3, 0.4) is 0 Å². The maximum atomic E-state index is 6.65. The van der Waals surface area contributed by atoms with Crippen molar-refractivity contribution in [3.8, 4) is 45.3 Å². The first-order valence-corrected chi connectivity index (χ1v) is 18.8. The van der Waals surface area contributed by atoms with Crippen LogP contribution in [-0.2, 0) is 0 Å². The number of nitrogens with zero attached hydrogens (tertiary/aromatic N) is 3. The predicted octanol–water partition coefficient (Wildman–Crippen LogP) is 13.8. The molecule has 0 saturated heterocycles. The molecule has 12 aromatic rings. The number of hydrogen-bond acceptors (Lipinski definition) is 5. The van der Waals surface area contributed by atoms with Gasteiger partial charge < -0.3 is 8.83 Å². The molecule has 0 aliphatic carbocycles. The first kappa shape index (κ1) is 30.8. The summed E-state index contributed by atoms with van der Waals surface area (Å²) in [6.45, 7) is 0. The monoisotopic (exact) mass is 715 g/mol. The Labute approximate surface area is 320 Å². The molecule has 260 valence electrons. The van der Waals surface area contributed by atoms with Gasteiger partial charge in [-0.2, -0.15) is 0 Å². The lowest BCUT2D eigenvalue weighted by Crippen LogP contribution is -2.01. The van der Waals surface area contributed by atoms with E-state index in [2.05, 4.69) is 127 Å². The Morgan fingerprint density at radius 2 is 0.911 bits per heavy atom. The van der Waals surface area contributed by atoms with E-state index in [1.165, 1.54) is 10.8 Å². The molecule has 0 unspecified atom stereocenters. The lowest BCUT2D eigenvalue weighted by Gasteiger charge is -2.14. The van der Waals surface area contributed by atoms with E-state index >= 15 is 0 Å². The third-order valence-corrected chi connectivity index (χ3v) is 11.1. The van der Waals surface area contributed by atoms with E-state index < -0.39 is 0 Å². The second kappa shape index (κ2) is 11.9. The predicted molar refractivity (Wildman–Crippen MR) is 229 cm³/mol. The number of furan rings is 2. The van der Waals surface area contributed by atoms with Crippen LogP contribution in [0.4, 0.5) is 0 Å². The van der Waals surface area contributed by atoms with Crippen molar-refractivity contribution in [3.05, 3.63) is 176 Å². The van der Waals surface area contributed by atoms with Crippen LogP contribution in [0.5, 0.6) is 0 Å². The molecule has 0 spiro atoms. The zero-order valence-corrected chi connectivity index (χ0v) is 29.9. The summed E-state index contributed by atoms with van der Waals surface area (Å²) in [4.78, 5) is 15.9. The van der Waals surface area contributed by atoms with Gasteiger partial charge in [0, 0.05) is 38.2 Å². The molecule has 0 amide bonds. The van der Waals surface area contributed by atoms with E-state index in [0.717, 1.165) is 93.2 Å². The summed E-state index contributed by atoms with van der Waals surface area (Å²) in [6, 6.07) is 61.0. The highest BCUT2D eigenvalue weighted by Gasteiger charge is 2.23. The topological polar surface area (TPSA) is 65.0 Å². The molecule has 0 N–H and O–H groups in total. The normalized spacial score (nSPS) is 11.9. The Hall–Kier alpha value is -7.63. The van der Waals surface area contributed by atoms with Crippen LogP contribution in [0.25, 0.3) is 121 Å². The maximum Gasteiger partial charge on any atom is 0.165 e. The van der Waals surface area contributed by atoms with E-state index in [4.69, 9.17) is 23.8 Å². The standard InChI is InChI=1S/C51H29N3O2/c1-2-11-32(12-3-1)49-52-50(36-21-20-31-19-18-30-10-6-7-15-37(30)41(31)27-36)54-51(53-49)48-38(35-22-23-40-39-16-8-9-17-43(39)55-45(40)29-35)24-25-44-47(48)42-26-33-13-4-5-14-34(33)28-46(42)56-44/h1-29H. The average molecular weight is 716 g/mol. The molecule has 0 aliphatic heterocycles. The van der Waals surface area contributed by atoms with Crippen molar-refractivity contribution >= 4 is 76.2 Å². The summed E-state index contributed by atoms with van der Waals surface area (Å²) in [7, 11) is 0. The smallest absolute Gasteiger partial charge is 0.165 e. The zero-order chi connectivity index (χ0) is 36.7. The van der Waals surface area contributed by atoms with Gasteiger partial charge >= 0.3 is 0 Å². The first-order valence-electron chi connectivity index (χ1n) is 18.8. The molecule has 0 fully saturated rings. The molecule has 5 heteroatoms. The number of benzene rings is 9. The van der Waals surface area contributed by atoms with E-state index in [1.54, 1.807) is 0 Å². The lowest BCUT2D eigenvalue weighted by atomic mass is 9.93. The highest BCUT2D eigenvalue weighted by Crippen LogP contribution is 2.44. The summed E-state index contributed by atoms with van der Waals surface area (Å²) >= 11 is 0. The van der Waals surface area contributed by atoms with E-state index in [-0.39, 0.29) is 0 Å². The van der Waals surface area contributed by atoms with Gasteiger partial charge in [-0.05, 0) is 92.0 Å². The lowest BCUT2D eigenvalue weighted by molar-refractivity contribution is 0.669. The highest BCUT2D eigenvalue weighted by atomic mass is 16.3. The second-order valence-electron chi connectivity index (χ2n) is 14.4. The molecule has 0 atom stereocenters. The molecule has 3 heterocycles. The van der Waals surface area contributed by atoms with Crippen LogP contribution < -0.4 is 0 Å². The van der Waals surface area contributed by atoms with E-state index in [9.17, 15) is 0 Å². The Kier molecular flexibility index (Phi) is 6.56. The Morgan fingerprint density at radius 1 is 0.304 bits per heavy atom. The molecular formula is C51H29N3O2. The van der Waals surface area contributed by atoms with E-state index in [0.29, 0.717) is 17.5 Å². The number of aromatic nitrogens is 3. The van der Waals surface area contributed by atoms with Gasteiger partial charge in [0.15, 0.2) is 17.5 Å². The third-order valence-electron chi connectivity index (χ3n) is 11.1. The minimum Gasteiger partial charge on any atom is -0.456 e. The van der Waals surface area contributed by atoms with Crippen molar-refractivity contribution in [1.29, 1.82) is 0 Å². The fourth-order valence-corrected chi connectivity index (χ4v) is 8.39. The average Bonchev–Trinajstić information content (AvgIpc) is 3.82. The summed E-state index contributed by atoms with van der Waals surface area (Å²) < 4.78 is 13.1. The fourth-order valence-electron chi connectivity index (χ4n) is 8.39. The van der Waals surface area contributed by atoms with Gasteiger partial charge in [0.25, 0.3) is 0 Å². The van der Waals surface area contributed by atoms with Gasteiger partial charge in [-0.1, -0.05) is 127 Å². The highest BCUT2D eigenvalue weighted by molar-refractivity contribution is 6.18. The number of hydrogen-bond donors (Lipinski definition) is 0. The van der Waals surface area contributed by atoms with Crippen molar-refractivity contribution < 1.29 is 8.83 Å². The summed E-state index contributed by atoms with van der Waals surface area (Å²) in [5.41, 5.74) is 7.91. The van der Waals surface area contributed by atoms with Crippen LogP contribution in [0.15, 0.2) is 185 Å². The van der Waals surface area contributed by atoms with Crippen LogP contribution in [0.1, 0.15) is 0 Å². The SMILES string of the molecule is c1ccc(-c2nc(-c3ccc4ccc5ccccc5c4c3)nc(-c3c(-c4ccc5c(c4)oc4ccccc45)ccc4oc5cc6ccccc6cc5c34)n2)cc1. The summed E-state index contributed by atoms with van der Waals surface area (Å²) in [6.07, 6.45) is 0. The Balaban J connectivity index is 1.18. The quantitative estimate of drug-likeness (QED) is 0.170. The van der Waals surface area contributed by atoms with Crippen LogP contribution in [0, 0.1) is 0 Å². The minimum absolute atomic E-state index is 0.563. The molecule has 0 aliphatic rings. The molecule has 0 saturated carbocycles. The Bertz CT molecular complexity index is 3550. The molecule has 9 aromatic carbocycles. The van der Waals surface area contributed by atoms with E-state index in [1.807, 2.05) is 48.5 Å². The van der Waals surface area contributed by atoms with Crippen molar-refractivity contribution in [3.63, 3.8) is 0 Å². The molecule has 3 aromatic heterocycles. The molecular weight excluding hydrogens is 687 g/mol. The molecule has 5 nitrogen and oxygen atoms in total. The molecule has 0 radical (unpaired) electrons. The van der Waals surface area contributed by atoms with Crippen molar-refractivity contribution in [2.75, 3.05) is 0 Å². The molecule has 56 heavy (non-hydrogen) atoms. The van der Waals surface area contributed by atoms with Gasteiger partial charge in [0.05, 0.1) is 0 Å². The van der Waals surface area contributed by atoms with Crippen molar-refractivity contribution in [2.45, 2.75) is 0 Å². The largest absolute Gasteiger partial charge is 0.456 e. The van der Waals surface area contributed by atoms with Crippen LogP contribution in [0.2, 0.25) is 0 Å². The summed E-state index contributed by atoms with van der Waals surface area (Å²) in [5.74, 6) is 1.75. The maximum absolute atomic E-state index is 6.65. The summed E-state index contributed by atoms with van der Waals surface area (Å²) in [5, 5.41) is 11.1. The number of rotatable bonds is 4. The van der Waals surface area contributed by atoms with Crippen LogP contribution >= 0.6 is 0 Å². The fraction of sp³-hybridized carbons (Fsp3) is 0. The van der Waals surface area contributed by atoms with Gasteiger partial charge in [0.1, 0.15) is 22.3 Å². The zero-order valence-electron chi connectivity index (χ0n) is 29.9. The minimum atomic E-state index is 0.563. The van der Waals surface area contributed by atoms with Crippen molar-refractivity contribution in [1.82, 2.24) is 15.0 Å². The number of para-hydroxylation sites is 1. The second-order valence-corrected chi connectivity index (χ2v) is 14.4. The Morgan fingerprint density at radius 3 is 1.77 bits per heavy atom. The first-order chi connectivity index (χ1) is 27.7. The molecule has 0 bridgehead atoms. The number of fused-ring (bicyclic) bond motifs is 10. The van der Waals surface area contributed by atoms with Gasteiger partial charge in [0.2, 0.25) is 0 Å².